The Morgan fingerprint density at radius 2 is 2.36 bits per heavy atom. The van der Waals surface area contributed by atoms with Crippen LogP contribution in [0.1, 0.15) is 19.3 Å². The normalized spacial score (nSPS) is 35.7. The molecule has 1 saturated carbocycles. The molecule has 4 heteroatoms. The van der Waals surface area contributed by atoms with Gasteiger partial charge in [-0.2, -0.15) is 0 Å². The van der Waals surface area contributed by atoms with Gasteiger partial charge in [0.2, 0.25) is 5.91 Å². The van der Waals surface area contributed by atoms with Crippen LogP contribution < -0.4 is 5.73 Å². The van der Waals surface area contributed by atoms with Crippen molar-refractivity contribution in [3.8, 4) is 0 Å². The number of ether oxygens (including phenoxy) is 1. The topological polar surface area (TPSA) is 55.6 Å². The molecule has 1 amide bonds. The number of likely N-dealkylation sites (tertiary alicyclic amines) is 1. The van der Waals surface area contributed by atoms with Crippen molar-refractivity contribution in [3.63, 3.8) is 0 Å². The number of hydrogen-bond acceptors (Lipinski definition) is 3. The second-order valence-corrected chi connectivity index (χ2v) is 4.18. The van der Waals surface area contributed by atoms with Crippen LogP contribution in [-0.4, -0.2) is 43.2 Å². The van der Waals surface area contributed by atoms with Crippen LogP contribution in [0.5, 0.6) is 0 Å². The summed E-state index contributed by atoms with van der Waals surface area (Å²) in [6, 6.07) is 0.420. The first-order valence-corrected chi connectivity index (χ1v) is 5.31. The standard InChI is InChI=1S/C10H18N2O2/c1-14-9-6-7-5-8(9)10(13)12(7)4-2-3-11/h7-9H,2-6,11H2,1H3/t7-,8+,9-/m0/s1. The van der Waals surface area contributed by atoms with Crippen LogP contribution in [0.2, 0.25) is 0 Å². The Kier molecular flexibility index (Phi) is 2.74. The first-order valence-electron chi connectivity index (χ1n) is 5.31. The van der Waals surface area contributed by atoms with Gasteiger partial charge in [-0.3, -0.25) is 4.79 Å². The summed E-state index contributed by atoms with van der Waals surface area (Å²) in [4.78, 5) is 13.8. The van der Waals surface area contributed by atoms with Crippen molar-refractivity contribution in [1.29, 1.82) is 0 Å². The van der Waals surface area contributed by atoms with E-state index in [1.165, 1.54) is 0 Å². The van der Waals surface area contributed by atoms with Gasteiger partial charge >= 0.3 is 0 Å². The maximum atomic E-state index is 11.8. The molecule has 3 atom stereocenters. The van der Waals surface area contributed by atoms with Crippen LogP contribution in [0.25, 0.3) is 0 Å². The number of fused-ring (bicyclic) bond motifs is 2. The van der Waals surface area contributed by atoms with Crippen molar-refractivity contribution in [2.45, 2.75) is 31.4 Å². The molecular weight excluding hydrogens is 180 g/mol. The van der Waals surface area contributed by atoms with Crippen molar-refractivity contribution in [2.75, 3.05) is 20.2 Å². The van der Waals surface area contributed by atoms with Crippen LogP contribution in [0.4, 0.5) is 0 Å². The SMILES string of the molecule is CO[C@H]1C[C@@H]2C[C@H]1C(=O)N2CCCN. The third-order valence-electron chi connectivity index (χ3n) is 3.43. The average molecular weight is 198 g/mol. The molecule has 1 aliphatic heterocycles. The molecule has 0 aromatic heterocycles. The number of amides is 1. The van der Waals surface area contributed by atoms with Gasteiger partial charge in [-0.15, -0.1) is 0 Å². The fraction of sp³-hybridized carbons (Fsp3) is 0.900. The van der Waals surface area contributed by atoms with E-state index >= 15 is 0 Å². The van der Waals surface area contributed by atoms with E-state index in [2.05, 4.69) is 0 Å². The number of hydrogen-bond donors (Lipinski definition) is 1. The fourth-order valence-electron chi connectivity index (χ4n) is 2.70. The summed E-state index contributed by atoms with van der Waals surface area (Å²) >= 11 is 0. The highest BCUT2D eigenvalue weighted by Crippen LogP contribution is 2.40. The Hall–Kier alpha value is -0.610. The molecule has 0 aromatic rings. The summed E-state index contributed by atoms with van der Waals surface area (Å²) in [5.74, 6) is 0.407. The molecule has 0 aromatic carbocycles. The maximum absolute atomic E-state index is 11.8. The minimum absolute atomic E-state index is 0.128. The lowest BCUT2D eigenvalue weighted by molar-refractivity contribution is -0.139. The molecular formula is C10H18N2O2. The van der Waals surface area contributed by atoms with Crippen LogP contribution in [0, 0.1) is 5.92 Å². The number of nitrogens with zero attached hydrogens (tertiary/aromatic N) is 1. The smallest absolute Gasteiger partial charge is 0.228 e. The highest BCUT2D eigenvalue weighted by Gasteiger charge is 2.50. The monoisotopic (exact) mass is 198 g/mol. The number of carbonyl (C=O) groups is 1. The predicted octanol–water partition coefficient (Wildman–Crippen LogP) is -0.0290. The Morgan fingerprint density at radius 1 is 1.57 bits per heavy atom. The van der Waals surface area contributed by atoms with Crippen molar-refractivity contribution >= 4 is 5.91 Å². The molecule has 14 heavy (non-hydrogen) atoms. The van der Waals surface area contributed by atoms with Crippen LogP contribution in [-0.2, 0) is 9.53 Å². The van der Waals surface area contributed by atoms with Crippen molar-refractivity contribution in [2.24, 2.45) is 11.7 Å². The Balaban J connectivity index is 1.96. The largest absolute Gasteiger partial charge is 0.381 e. The minimum atomic E-state index is 0.128. The first-order chi connectivity index (χ1) is 6.77. The summed E-state index contributed by atoms with van der Waals surface area (Å²) in [7, 11) is 1.70. The Labute approximate surface area is 84.4 Å². The summed E-state index contributed by atoms with van der Waals surface area (Å²) in [5.41, 5.74) is 5.44. The average Bonchev–Trinajstić information content (AvgIpc) is 2.73. The molecule has 2 bridgehead atoms. The molecule has 0 spiro atoms. The molecule has 0 unspecified atom stereocenters. The van der Waals surface area contributed by atoms with Crippen molar-refractivity contribution in [1.82, 2.24) is 4.90 Å². The maximum Gasteiger partial charge on any atom is 0.228 e. The quantitative estimate of drug-likeness (QED) is 0.690. The molecule has 1 saturated heterocycles. The molecule has 2 N–H and O–H groups in total. The first kappa shape index (κ1) is 9.93. The van der Waals surface area contributed by atoms with Crippen LogP contribution in [0.15, 0.2) is 0 Å². The highest BCUT2D eigenvalue weighted by atomic mass is 16.5. The van der Waals surface area contributed by atoms with Gasteiger partial charge in [-0.05, 0) is 25.8 Å². The number of methoxy groups -OCH3 is 1. The number of carbonyl (C=O) groups excluding carboxylic acids is 1. The third-order valence-corrected chi connectivity index (χ3v) is 3.43. The molecule has 80 valence electrons. The number of nitrogens with two attached hydrogens (primary N) is 1. The minimum Gasteiger partial charge on any atom is -0.381 e. The van der Waals surface area contributed by atoms with Gasteiger partial charge in [-0.1, -0.05) is 0 Å². The van der Waals surface area contributed by atoms with Gasteiger partial charge in [0.1, 0.15) is 0 Å². The van der Waals surface area contributed by atoms with Crippen molar-refractivity contribution < 1.29 is 9.53 Å². The van der Waals surface area contributed by atoms with E-state index in [4.69, 9.17) is 10.5 Å². The summed E-state index contributed by atoms with van der Waals surface area (Å²) in [6.07, 6.45) is 3.08. The Bertz CT molecular complexity index is 232. The van der Waals surface area contributed by atoms with Gasteiger partial charge in [-0.25, -0.2) is 0 Å². The van der Waals surface area contributed by atoms with E-state index < -0.39 is 0 Å². The molecule has 2 fully saturated rings. The molecule has 2 rings (SSSR count). The Morgan fingerprint density at radius 3 is 2.93 bits per heavy atom. The molecule has 1 heterocycles. The molecule has 2 aliphatic rings. The fourth-order valence-corrected chi connectivity index (χ4v) is 2.70. The highest BCUT2D eigenvalue weighted by molar-refractivity contribution is 5.83. The summed E-state index contributed by atoms with van der Waals surface area (Å²) in [6.45, 7) is 1.49. The zero-order valence-corrected chi connectivity index (χ0v) is 8.61. The number of rotatable bonds is 4. The van der Waals surface area contributed by atoms with Gasteiger partial charge < -0.3 is 15.4 Å². The van der Waals surface area contributed by atoms with Gasteiger partial charge in [0, 0.05) is 19.7 Å². The second kappa shape index (κ2) is 3.87. The van der Waals surface area contributed by atoms with E-state index in [-0.39, 0.29) is 17.9 Å². The zero-order chi connectivity index (χ0) is 10.1. The van der Waals surface area contributed by atoms with E-state index in [0.29, 0.717) is 12.6 Å². The molecule has 0 radical (unpaired) electrons. The van der Waals surface area contributed by atoms with Gasteiger partial charge in [0.05, 0.1) is 12.0 Å². The summed E-state index contributed by atoms with van der Waals surface area (Å²) in [5, 5.41) is 0. The van der Waals surface area contributed by atoms with Gasteiger partial charge in [0.15, 0.2) is 0 Å². The lowest BCUT2D eigenvalue weighted by Crippen LogP contribution is -2.43. The van der Waals surface area contributed by atoms with Crippen molar-refractivity contribution in [3.05, 3.63) is 0 Å². The molecule has 4 nitrogen and oxygen atoms in total. The zero-order valence-electron chi connectivity index (χ0n) is 8.61. The predicted molar refractivity (Wildman–Crippen MR) is 52.7 cm³/mol. The number of piperidine rings is 1. The van der Waals surface area contributed by atoms with E-state index in [1.54, 1.807) is 7.11 Å². The van der Waals surface area contributed by atoms with E-state index in [1.807, 2.05) is 4.90 Å². The lowest BCUT2D eigenvalue weighted by Gasteiger charge is -2.30. The summed E-state index contributed by atoms with van der Waals surface area (Å²) < 4.78 is 5.30. The molecule has 1 aliphatic carbocycles. The van der Waals surface area contributed by atoms with Crippen LogP contribution >= 0.6 is 0 Å². The van der Waals surface area contributed by atoms with Crippen LogP contribution in [0.3, 0.4) is 0 Å². The lowest BCUT2D eigenvalue weighted by atomic mass is 10.0. The van der Waals surface area contributed by atoms with Gasteiger partial charge in [0.25, 0.3) is 0 Å². The van der Waals surface area contributed by atoms with E-state index in [9.17, 15) is 4.79 Å². The third kappa shape index (κ3) is 1.42. The second-order valence-electron chi connectivity index (χ2n) is 4.18. The van der Waals surface area contributed by atoms with E-state index in [0.717, 1.165) is 25.8 Å².